The van der Waals surface area contributed by atoms with Crippen LogP contribution in [0.1, 0.15) is 0 Å². The summed E-state index contributed by atoms with van der Waals surface area (Å²) in [5.41, 5.74) is 1.84. The Morgan fingerprint density at radius 2 is 1.00 bits per heavy atom. The normalized spacial score (nSPS) is 10.5. The van der Waals surface area contributed by atoms with Crippen molar-refractivity contribution in [2.24, 2.45) is 7.05 Å². The number of hydrogen-bond donors (Lipinski definition) is 0. The molecule has 0 aliphatic heterocycles. The van der Waals surface area contributed by atoms with Gasteiger partial charge in [-0.2, -0.15) is 0 Å². The van der Waals surface area contributed by atoms with Gasteiger partial charge in [0.2, 0.25) is 0 Å². The summed E-state index contributed by atoms with van der Waals surface area (Å²) in [7, 11) is 0.371. The number of rotatable bonds is 8. The summed E-state index contributed by atoms with van der Waals surface area (Å²) in [6.45, 7) is 0. The number of benzene rings is 4. The third-order valence-corrected chi connectivity index (χ3v) is 12.8. The van der Waals surface area contributed by atoms with Crippen LogP contribution in [0, 0.1) is 6.20 Å². The van der Waals surface area contributed by atoms with E-state index < -0.39 is 15.8 Å². The monoisotopic (exact) mass is 751 g/mol. The van der Waals surface area contributed by atoms with Gasteiger partial charge in [0.15, 0.2) is 0 Å². The second-order valence-electron chi connectivity index (χ2n) is 9.51. The summed E-state index contributed by atoms with van der Waals surface area (Å²) in [5.74, 6) is 0. The van der Waals surface area contributed by atoms with Gasteiger partial charge >= 0.3 is 0 Å². The summed E-state index contributed by atoms with van der Waals surface area (Å²) in [6.07, 6.45) is 10.8. The molecule has 6 aromatic rings. The maximum Gasteiger partial charge on any atom is 0.101 e. The molecule has 0 aliphatic carbocycles. The van der Waals surface area contributed by atoms with Crippen LogP contribution < -0.4 is 21.2 Å². The van der Waals surface area contributed by atoms with Crippen LogP contribution in [-0.2, 0) is 27.2 Å². The van der Waals surface area contributed by atoms with Crippen molar-refractivity contribution in [3.63, 3.8) is 0 Å². The molecule has 0 atom stereocenters. The molecule has 0 aliphatic rings. The zero-order valence-electron chi connectivity index (χ0n) is 23.0. The smallest absolute Gasteiger partial charge is 0.101 e. The molecule has 0 unspecified atom stereocenters. The number of hydrogen-bond acceptors (Lipinski definition) is 2. The first-order valence-corrected chi connectivity index (χ1v) is 16.9. The second kappa shape index (κ2) is 16.3. The summed E-state index contributed by atoms with van der Waals surface area (Å²) in [4.78, 5) is 8.07. The molecule has 6 heteroatoms. The van der Waals surface area contributed by atoms with Gasteiger partial charge in [0.1, 0.15) is 12.3 Å². The van der Waals surface area contributed by atoms with Gasteiger partial charge in [0.05, 0.1) is 43.4 Å². The fourth-order valence-corrected chi connectivity index (χ4v) is 10.9. The van der Waals surface area contributed by atoms with Crippen molar-refractivity contribution in [1.82, 2.24) is 14.5 Å². The molecule has 0 spiro atoms. The van der Waals surface area contributed by atoms with E-state index >= 15 is 0 Å². The Hall–Kier alpha value is -3.25. The van der Waals surface area contributed by atoms with E-state index in [0.29, 0.717) is 0 Å². The zero-order chi connectivity index (χ0) is 27.4. The quantitative estimate of drug-likeness (QED) is 0.141. The molecular weight excluding hydrogens is 717 g/mol. The van der Waals surface area contributed by atoms with Gasteiger partial charge in [-0.1, -0.05) is 79.0 Å². The summed E-state index contributed by atoms with van der Waals surface area (Å²) >= 11 is 0. The fraction of sp³-hybridized carbons (Fsp3) is 0.0857. The standard InChI is InChI=1S/C26H24P2.C9H8N3.Ir/c1-5-13-23(14-6-1)27(24-15-7-2-8-16-24)21-22-28(25-17-9-3-10-18-25)26-19-11-4-12-20-26;1-12-6-9(11-7-12)8-3-2-4-10-5-8;/h1-20H,21-22H2;2-4,6-7H,1H3;/q;-1;/p+2. The van der Waals surface area contributed by atoms with E-state index in [2.05, 4.69) is 137 Å². The number of aryl methyl sites for hydroxylation is 1. The Labute approximate surface area is 259 Å². The van der Waals surface area contributed by atoms with E-state index in [1.807, 2.05) is 29.9 Å². The molecule has 1 radical (unpaired) electrons. The molecule has 3 nitrogen and oxygen atoms in total. The van der Waals surface area contributed by atoms with Gasteiger partial charge in [0.25, 0.3) is 0 Å². The molecule has 0 N–H and O–H groups in total. The molecule has 2 aromatic heterocycles. The van der Waals surface area contributed by atoms with Gasteiger partial charge in [-0.3, -0.25) is 4.98 Å². The average Bonchev–Trinajstić information content (AvgIpc) is 3.48. The Kier molecular flexibility index (Phi) is 12.2. The molecule has 0 bridgehead atoms. The van der Waals surface area contributed by atoms with E-state index in [0.717, 1.165) is 11.3 Å². The number of nitrogens with zero attached hydrogens (tertiary/aromatic N) is 3. The minimum atomic E-state index is -0.783. The molecule has 207 valence electrons. The summed E-state index contributed by atoms with van der Waals surface area (Å²) in [5, 5.41) is 6.06. The molecule has 0 saturated heterocycles. The maximum absolute atomic E-state index is 4.18. The minimum absolute atomic E-state index is 0. The van der Waals surface area contributed by atoms with Crippen LogP contribution >= 0.6 is 15.8 Å². The summed E-state index contributed by atoms with van der Waals surface area (Å²) < 4.78 is 1.90. The molecule has 41 heavy (non-hydrogen) atoms. The Morgan fingerprint density at radius 3 is 1.32 bits per heavy atom. The van der Waals surface area contributed by atoms with Crippen LogP contribution in [0.4, 0.5) is 0 Å². The molecule has 0 fully saturated rings. The Balaban J connectivity index is 0.000000249. The second-order valence-corrected chi connectivity index (χ2v) is 14.7. The Morgan fingerprint density at radius 1 is 0.585 bits per heavy atom. The van der Waals surface area contributed by atoms with E-state index in [9.17, 15) is 0 Å². The molecule has 6 rings (SSSR count). The van der Waals surface area contributed by atoms with Crippen LogP contribution in [0.5, 0.6) is 0 Å². The number of aromatic nitrogens is 3. The van der Waals surface area contributed by atoms with Crippen molar-refractivity contribution in [2.75, 3.05) is 12.3 Å². The fourth-order valence-electron chi connectivity index (χ4n) is 4.74. The summed E-state index contributed by atoms with van der Waals surface area (Å²) in [6, 6.07) is 48.3. The van der Waals surface area contributed by atoms with Crippen LogP contribution in [0.3, 0.4) is 0 Å². The maximum atomic E-state index is 4.18. The van der Waals surface area contributed by atoms with E-state index in [-0.39, 0.29) is 20.1 Å². The zero-order valence-corrected chi connectivity index (χ0v) is 27.4. The van der Waals surface area contributed by atoms with Crippen LogP contribution in [0.2, 0.25) is 0 Å². The first kappa shape index (κ1) is 30.7. The topological polar surface area (TPSA) is 30.7 Å². The van der Waals surface area contributed by atoms with Crippen molar-refractivity contribution >= 4 is 37.1 Å². The number of pyridine rings is 1. The molecule has 0 saturated carbocycles. The van der Waals surface area contributed by atoms with Crippen LogP contribution in [-0.4, -0.2) is 26.9 Å². The average molecular weight is 751 g/mol. The predicted octanol–water partition coefficient (Wildman–Crippen LogP) is 6.00. The van der Waals surface area contributed by atoms with E-state index in [4.69, 9.17) is 0 Å². The van der Waals surface area contributed by atoms with Crippen molar-refractivity contribution < 1.29 is 20.1 Å². The van der Waals surface area contributed by atoms with Crippen molar-refractivity contribution in [1.29, 1.82) is 0 Å². The van der Waals surface area contributed by atoms with Crippen molar-refractivity contribution in [2.45, 2.75) is 0 Å². The van der Waals surface area contributed by atoms with Crippen LogP contribution in [0.25, 0.3) is 11.3 Å². The largest absolute Gasteiger partial charge is 0.360 e. The number of imidazole rings is 1. The first-order valence-electron chi connectivity index (χ1n) is 13.5. The van der Waals surface area contributed by atoms with E-state index in [1.165, 1.54) is 33.5 Å². The van der Waals surface area contributed by atoms with Gasteiger partial charge in [-0.25, -0.2) is 0 Å². The SMILES string of the molecule is Cn1cnc(-c2[c-]nccc2)c1.[Ir].c1ccc([PH+](CC[PH+](c2ccccc2)c2ccccc2)c2ccccc2)cc1. The van der Waals surface area contributed by atoms with Gasteiger partial charge in [-0.15, -0.1) is 17.7 Å². The van der Waals surface area contributed by atoms with Crippen molar-refractivity contribution in [3.05, 3.63) is 158 Å². The Bertz CT molecular complexity index is 1390. The van der Waals surface area contributed by atoms with Gasteiger partial charge in [0, 0.05) is 32.8 Å². The molecule has 4 aromatic carbocycles. The molecule has 2 heterocycles. The van der Waals surface area contributed by atoms with Crippen LogP contribution in [0.15, 0.2) is 152 Å². The minimum Gasteiger partial charge on any atom is -0.360 e. The van der Waals surface area contributed by atoms with Gasteiger partial charge < -0.3 is 9.55 Å². The third-order valence-electron chi connectivity index (χ3n) is 6.70. The third kappa shape index (κ3) is 8.87. The molecular formula is C35H34IrN3P2+. The molecule has 0 amide bonds. The first-order chi connectivity index (χ1) is 19.8. The predicted molar refractivity (Wildman–Crippen MR) is 176 cm³/mol. The van der Waals surface area contributed by atoms with Gasteiger partial charge in [-0.05, 0) is 60.9 Å². The van der Waals surface area contributed by atoms with E-state index in [1.54, 1.807) is 12.5 Å². The van der Waals surface area contributed by atoms with Crippen molar-refractivity contribution in [3.8, 4) is 11.3 Å².